The number of nitriles is 1. The van der Waals surface area contributed by atoms with Crippen LogP contribution < -0.4 is 5.32 Å². The van der Waals surface area contributed by atoms with E-state index in [1.54, 1.807) is 7.11 Å². The van der Waals surface area contributed by atoms with Crippen LogP contribution in [0.1, 0.15) is 11.1 Å². The van der Waals surface area contributed by atoms with Crippen LogP contribution in [0, 0.1) is 11.3 Å². The third kappa shape index (κ3) is 6.13. The Kier molecular flexibility index (Phi) is 7.77. The lowest BCUT2D eigenvalue weighted by Gasteiger charge is -2.34. The van der Waals surface area contributed by atoms with Crippen molar-refractivity contribution >= 4 is 5.91 Å². The molecule has 152 valence electrons. The van der Waals surface area contributed by atoms with Crippen molar-refractivity contribution in [2.24, 2.45) is 0 Å². The molecular formula is C23H28N4O2. The van der Waals surface area contributed by atoms with Gasteiger partial charge in [0.05, 0.1) is 24.8 Å². The molecule has 0 unspecified atom stereocenters. The van der Waals surface area contributed by atoms with Gasteiger partial charge in [-0.1, -0.05) is 42.5 Å². The highest BCUT2D eigenvalue weighted by atomic mass is 16.5. The van der Waals surface area contributed by atoms with Gasteiger partial charge in [0, 0.05) is 46.4 Å². The molecule has 3 rings (SSSR count). The molecule has 1 fully saturated rings. The third-order valence-electron chi connectivity index (χ3n) is 5.18. The molecule has 1 N–H and O–H groups in total. The van der Waals surface area contributed by atoms with Gasteiger partial charge in [-0.25, -0.2) is 0 Å². The van der Waals surface area contributed by atoms with E-state index >= 15 is 0 Å². The summed E-state index contributed by atoms with van der Waals surface area (Å²) >= 11 is 0. The zero-order valence-corrected chi connectivity index (χ0v) is 16.9. The number of methoxy groups -OCH3 is 1. The minimum atomic E-state index is 0.0590. The van der Waals surface area contributed by atoms with Crippen LogP contribution in [0.3, 0.4) is 0 Å². The number of nitrogens with zero attached hydrogens (tertiary/aromatic N) is 3. The molecule has 1 aliphatic heterocycles. The van der Waals surface area contributed by atoms with Crippen LogP contribution >= 0.6 is 0 Å². The highest BCUT2D eigenvalue weighted by molar-refractivity contribution is 5.78. The predicted octanol–water partition coefficient (Wildman–Crippen LogP) is 2.11. The minimum absolute atomic E-state index is 0.0590. The van der Waals surface area contributed by atoms with Crippen molar-refractivity contribution in [1.82, 2.24) is 15.1 Å². The van der Waals surface area contributed by atoms with E-state index in [1.807, 2.05) is 24.3 Å². The van der Waals surface area contributed by atoms with Crippen LogP contribution in [-0.2, 0) is 16.1 Å². The normalized spacial score (nSPS) is 15.0. The van der Waals surface area contributed by atoms with Crippen LogP contribution in [0.4, 0.5) is 0 Å². The van der Waals surface area contributed by atoms with Gasteiger partial charge in [-0.3, -0.25) is 14.6 Å². The van der Waals surface area contributed by atoms with Gasteiger partial charge in [-0.2, -0.15) is 5.26 Å². The average Bonchev–Trinajstić information content (AvgIpc) is 2.76. The van der Waals surface area contributed by atoms with E-state index in [9.17, 15) is 10.1 Å². The number of carbonyl (C=O) groups is 1. The first-order valence-corrected chi connectivity index (χ1v) is 9.98. The van der Waals surface area contributed by atoms with Crippen LogP contribution in [0.15, 0.2) is 48.5 Å². The summed E-state index contributed by atoms with van der Waals surface area (Å²) in [6, 6.07) is 18.4. The largest absolute Gasteiger partial charge is 0.383 e. The van der Waals surface area contributed by atoms with Crippen molar-refractivity contribution in [3.05, 3.63) is 59.7 Å². The van der Waals surface area contributed by atoms with E-state index in [-0.39, 0.29) is 5.91 Å². The quantitative estimate of drug-likeness (QED) is 0.697. The molecule has 2 aromatic carbocycles. The Labute approximate surface area is 172 Å². The summed E-state index contributed by atoms with van der Waals surface area (Å²) in [6.07, 6.45) is 0. The number of rotatable bonds is 8. The highest BCUT2D eigenvalue weighted by Gasteiger charge is 2.19. The van der Waals surface area contributed by atoms with Crippen molar-refractivity contribution in [3.8, 4) is 17.2 Å². The van der Waals surface area contributed by atoms with Gasteiger partial charge < -0.3 is 10.1 Å². The van der Waals surface area contributed by atoms with E-state index in [4.69, 9.17) is 4.74 Å². The van der Waals surface area contributed by atoms with Crippen molar-refractivity contribution < 1.29 is 9.53 Å². The second kappa shape index (κ2) is 10.7. The second-order valence-electron chi connectivity index (χ2n) is 7.25. The van der Waals surface area contributed by atoms with Crippen molar-refractivity contribution in [2.45, 2.75) is 6.54 Å². The van der Waals surface area contributed by atoms with E-state index in [0.29, 0.717) is 25.3 Å². The Morgan fingerprint density at radius 3 is 2.45 bits per heavy atom. The number of hydrogen-bond acceptors (Lipinski definition) is 5. The first kappa shape index (κ1) is 21.0. The SMILES string of the molecule is COCCNC(=O)CN1CCN(Cc2ccc(-c3ccccc3C#N)cc2)CC1. The summed E-state index contributed by atoms with van der Waals surface area (Å²) in [7, 11) is 1.63. The highest BCUT2D eigenvalue weighted by Crippen LogP contribution is 2.24. The number of piperazine rings is 1. The van der Waals surface area contributed by atoms with Crippen LogP contribution in [-0.4, -0.2) is 68.7 Å². The summed E-state index contributed by atoms with van der Waals surface area (Å²) in [5.41, 5.74) is 3.99. The maximum absolute atomic E-state index is 11.9. The molecule has 29 heavy (non-hydrogen) atoms. The number of ether oxygens (including phenoxy) is 1. The predicted molar refractivity (Wildman–Crippen MR) is 113 cm³/mol. The van der Waals surface area contributed by atoms with Crippen LogP contribution in [0.5, 0.6) is 0 Å². The Balaban J connectivity index is 1.47. The number of amides is 1. The molecule has 1 amide bonds. The fourth-order valence-corrected chi connectivity index (χ4v) is 3.54. The maximum Gasteiger partial charge on any atom is 0.234 e. The summed E-state index contributed by atoms with van der Waals surface area (Å²) < 4.78 is 4.95. The van der Waals surface area contributed by atoms with Gasteiger partial charge >= 0.3 is 0 Å². The standard InChI is InChI=1S/C23H28N4O2/c1-29-15-10-25-23(28)18-27-13-11-26(12-14-27)17-19-6-8-20(9-7-19)22-5-3-2-4-21(22)16-24/h2-9H,10-15,17-18H2,1H3,(H,25,28). The molecule has 0 aliphatic carbocycles. The summed E-state index contributed by atoms with van der Waals surface area (Å²) in [6.45, 7) is 6.13. The number of nitrogens with one attached hydrogen (secondary N) is 1. The zero-order chi connectivity index (χ0) is 20.5. The zero-order valence-electron chi connectivity index (χ0n) is 16.9. The fraction of sp³-hybridized carbons (Fsp3) is 0.391. The Morgan fingerprint density at radius 1 is 1.07 bits per heavy atom. The van der Waals surface area contributed by atoms with E-state index < -0.39 is 0 Å². The summed E-state index contributed by atoms with van der Waals surface area (Å²) in [5.74, 6) is 0.0590. The molecule has 6 heteroatoms. The summed E-state index contributed by atoms with van der Waals surface area (Å²) in [4.78, 5) is 16.5. The molecule has 0 spiro atoms. The van der Waals surface area contributed by atoms with E-state index in [2.05, 4.69) is 45.5 Å². The third-order valence-corrected chi connectivity index (χ3v) is 5.18. The molecule has 0 atom stereocenters. The topological polar surface area (TPSA) is 68.6 Å². The number of carbonyl (C=O) groups excluding carboxylic acids is 1. The lowest BCUT2D eigenvalue weighted by Crippen LogP contribution is -2.49. The number of hydrogen-bond donors (Lipinski definition) is 1. The van der Waals surface area contributed by atoms with E-state index in [1.165, 1.54) is 5.56 Å². The average molecular weight is 393 g/mol. The Bertz CT molecular complexity index is 837. The smallest absolute Gasteiger partial charge is 0.234 e. The minimum Gasteiger partial charge on any atom is -0.383 e. The van der Waals surface area contributed by atoms with Crippen molar-refractivity contribution in [1.29, 1.82) is 5.26 Å². The van der Waals surface area contributed by atoms with Gasteiger partial charge in [0.25, 0.3) is 0 Å². The molecular weight excluding hydrogens is 364 g/mol. The van der Waals surface area contributed by atoms with Gasteiger partial charge in [0.1, 0.15) is 0 Å². The van der Waals surface area contributed by atoms with Crippen molar-refractivity contribution in [2.75, 3.05) is 53.0 Å². The molecule has 1 heterocycles. The maximum atomic E-state index is 11.9. The molecule has 0 bridgehead atoms. The molecule has 1 aliphatic rings. The van der Waals surface area contributed by atoms with Gasteiger partial charge in [0.2, 0.25) is 5.91 Å². The first-order valence-electron chi connectivity index (χ1n) is 9.98. The molecule has 1 saturated heterocycles. The Hall–Kier alpha value is -2.72. The molecule has 6 nitrogen and oxygen atoms in total. The number of benzene rings is 2. The Morgan fingerprint density at radius 2 is 1.76 bits per heavy atom. The van der Waals surface area contributed by atoms with Crippen LogP contribution in [0.2, 0.25) is 0 Å². The molecule has 0 saturated carbocycles. The lowest BCUT2D eigenvalue weighted by molar-refractivity contribution is -0.122. The monoisotopic (exact) mass is 392 g/mol. The van der Waals surface area contributed by atoms with Crippen LogP contribution in [0.25, 0.3) is 11.1 Å². The first-order chi connectivity index (χ1) is 14.2. The molecule has 2 aromatic rings. The van der Waals surface area contributed by atoms with Gasteiger partial charge in [-0.05, 0) is 22.8 Å². The molecule has 0 aromatic heterocycles. The van der Waals surface area contributed by atoms with Crippen molar-refractivity contribution in [3.63, 3.8) is 0 Å². The van der Waals surface area contributed by atoms with E-state index in [0.717, 1.165) is 43.9 Å². The van der Waals surface area contributed by atoms with Gasteiger partial charge in [0.15, 0.2) is 0 Å². The summed E-state index contributed by atoms with van der Waals surface area (Å²) in [5, 5.41) is 12.2. The van der Waals surface area contributed by atoms with Gasteiger partial charge in [-0.15, -0.1) is 0 Å². The second-order valence-corrected chi connectivity index (χ2v) is 7.25. The fourth-order valence-electron chi connectivity index (χ4n) is 3.54. The molecule has 0 radical (unpaired) electrons. The lowest BCUT2D eigenvalue weighted by atomic mass is 9.99.